The van der Waals surface area contributed by atoms with E-state index in [0.29, 0.717) is 6.10 Å². The summed E-state index contributed by atoms with van der Waals surface area (Å²) in [6.07, 6.45) is 2.34. The van der Waals surface area contributed by atoms with Crippen LogP contribution in [-0.2, 0) is 9.47 Å². The van der Waals surface area contributed by atoms with Gasteiger partial charge in [0.05, 0.1) is 12.7 Å². The zero-order valence-corrected chi connectivity index (χ0v) is 10.3. The standard InChI is InChI=1S/C13H20N2O2/c1-11-4-2-5-13(15-11)14-7-3-8-17-12-6-9-16-10-12/h2,4-5,12H,3,6-10H2,1H3,(H,14,15)/t12-/m1/s1. The van der Waals surface area contributed by atoms with E-state index in [1.807, 2.05) is 25.1 Å². The zero-order valence-electron chi connectivity index (χ0n) is 10.3. The van der Waals surface area contributed by atoms with Crippen LogP contribution < -0.4 is 5.32 Å². The van der Waals surface area contributed by atoms with Crippen LogP contribution in [0.3, 0.4) is 0 Å². The highest BCUT2D eigenvalue weighted by Crippen LogP contribution is 2.08. The molecule has 0 saturated carbocycles. The Kier molecular flexibility index (Phi) is 4.76. The molecule has 4 heteroatoms. The van der Waals surface area contributed by atoms with Gasteiger partial charge in [-0.05, 0) is 31.9 Å². The van der Waals surface area contributed by atoms with Crippen LogP contribution in [0.4, 0.5) is 5.82 Å². The number of anilines is 1. The molecule has 0 bridgehead atoms. The number of pyridine rings is 1. The quantitative estimate of drug-likeness (QED) is 0.767. The summed E-state index contributed by atoms with van der Waals surface area (Å²) in [6.45, 7) is 5.27. The minimum Gasteiger partial charge on any atom is -0.379 e. The van der Waals surface area contributed by atoms with Gasteiger partial charge in [0.1, 0.15) is 5.82 Å². The predicted octanol–water partition coefficient (Wildman–Crippen LogP) is 2.00. The lowest BCUT2D eigenvalue weighted by Gasteiger charge is -2.10. The van der Waals surface area contributed by atoms with E-state index in [1.165, 1.54) is 0 Å². The third-order valence-corrected chi connectivity index (χ3v) is 2.76. The van der Waals surface area contributed by atoms with Crippen LogP contribution in [0.25, 0.3) is 0 Å². The van der Waals surface area contributed by atoms with Gasteiger partial charge in [0, 0.05) is 25.5 Å². The fraction of sp³-hybridized carbons (Fsp3) is 0.615. The summed E-state index contributed by atoms with van der Waals surface area (Å²) >= 11 is 0. The molecule has 0 unspecified atom stereocenters. The molecule has 0 aliphatic carbocycles. The minimum atomic E-state index is 0.312. The van der Waals surface area contributed by atoms with Crippen LogP contribution in [-0.4, -0.2) is 37.5 Å². The highest BCUT2D eigenvalue weighted by molar-refractivity contribution is 5.34. The molecule has 94 valence electrons. The van der Waals surface area contributed by atoms with Gasteiger partial charge in [-0.15, -0.1) is 0 Å². The molecule has 1 aliphatic heterocycles. The van der Waals surface area contributed by atoms with Gasteiger partial charge in [0.2, 0.25) is 0 Å². The van der Waals surface area contributed by atoms with Crippen LogP contribution in [0.2, 0.25) is 0 Å². The molecular weight excluding hydrogens is 216 g/mol. The van der Waals surface area contributed by atoms with Crippen molar-refractivity contribution in [2.24, 2.45) is 0 Å². The topological polar surface area (TPSA) is 43.4 Å². The second-order valence-corrected chi connectivity index (χ2v) is 4.30. The Balaban J connectivity index is 1.56. The minimum absolute atomic E-state index is 0.312. The SMILES string of the molecule is Cc1cccc(NCCCO[C@@H]2CCOC2)n1. The van der Waals surface area contributed by atoms with Crippen LogP contribution in [0.5, 0.6) is 0 Å². The summed E-state index contributed by atoms with van der Waals surface area (Å²) in [4.78, 5) is 4.38. The van der Waals surface area contributed by atoms with E-state index in [9.17, 15) is 0 Å². The molecule has 1 atom stereocenters. The average Bonchev–Trinajstić information content (AvgIpc) is 2.82. The molecule has 1 saturated heterocycles. The van der Waals surface area contributed by atoms with Gasteiger partial charge in [0.15, 0.2) is 0 Å². The van der Waals surface area contributed by atoms with Crippen molar-refractivity contribution in [2.45, 2.75) is 25.9 Å². The van der Waals surface area contributed by atoms with Gasteiger partial charge in [0.25, 0.3) is 0 Å². The third kappa shape index (κ3) is 4.32. The Bertz CT molecular complexity index is 338. The van der Waals surface area contributed by atoms with Crippen LogP contribution in [0, 0.1) is 6.92 Å². The van der Waals surface area contributed by atoms with Crippen molar-refractivity contribution in [1.82, 2.24) is 4.98 Å². The summed E-state index contributed by atoms with van der Waals surface area (Å²) in [7, 11) is 0. The second kappa shape index (κ2) is 6.57. The molecule has 17 heavy (non-hydrogen) atoms. The monoisotopic (exact) mass is 236 g/mol. The number of nitrogens with one attached hydrogen (secondary N) is 1. The van der Waals surface area contributed by atoms with Gasteiger partial charge < -0.3 is 14.8 Å². The van der Waals surface area contributed by atoms with Gasteiger partial charge in [-0.2, -0.15) is 0 Å². The molecule has 0 aromatic carbocycles. The number of aromatic nitrogens is 1. The van der Waals surface area contributed by atoms with Crippen LogP contribution >= 0.6 is 0 Å². The van der Waals surface area contributed by atoms with E-state index in [2.05, 4.69) is 10.3 Å². The molecule has 1 aromatic rings. The number of ether oxygens (including phenoxy) is 2. The van der Waals surface area contributed by atoms with E-state index in [-0.39, 0.29) is 0 Å². The highest BCUT2D eigenvalue weighted by Gasteiger charge is 2.15. The number of nitrogens with zero attached hydrogens (tertiary/aromatic N) is 1. The smallest absolute Gasteiger partial charge is 0.126 e. The fourth-order valence-electron chi connectivity index (χ4n) is 1.82. The summed E-state index contributed by atoms with van der Waals surface area (Å²) in [5.41, 5.74) is 1.04. The highest BCUT2D eigenvalue weighted by atomic mass is 16.5. The average molecular weight is 236 g/mol. The Morgan fingerprint density at radius 1 is 1.53 bits per heavy atom. The van der Waals surface area contributed by atoms with Crippen molar-refractivity contribution in [1.29, 1.82) is 0 Å². The molecule has 0 radical (unpaired) electrons. The Labute approximate surface area is 102 Å². The maximum absolute atomic E-state index is 5.68. The Hall–Kier alpha value is -1.13. The van der Waals surface area contributed by atoms with Crippen molar-refractivity contribution in [3.63, 3.8) is 0 Å². The van der Waals surface area contributed by atoms with Gasteiger partial charge in [-0.1, -0.05) is 6.07 Å². The van der Waals surface area contributed by atoms with E-state index in [4.69, 9.17) is 9.47 Å². The maximum Gasteiger partial charge on any atom is 0.126 e. The van der Waals surface area contributed by atoms with Crippen molar-refractivity contribution in [3.05, 3.63) is 23.9 Å². The van der Waals surface area contributed by atoms with E-state index in [1.54, 1.807) is 0 Å². The van der Waals surface area contributed by atoms with Gasteiger partial charge in [-0.3, -0.25) is 0 Å². The first-order valence-electron chi connectivity index (χ1n) is 6.21. The number of aryl methyl sites for hydroxylation is 1. The van der Waals surface area contributed by atoms with Gasteiger partial charge >= 0.3 is 0 Å². The summed E-state index contributed by atoms with van der Waals surface area (Å²) < 4.78 is 10.9. The molecule has 1 N–H and O–H groups in total. The molecule has 1 aromatic heterocycles. The summed E-state index contributed by atoms with van der Waals surface area (Å²) in [5.74, 6) is 0.939. The second-order valence-electron chi connectivity index (χ2n) is 4.30. The lowest BCUT2D eigenvalue weighted by atomic mass is 10.3. The third-order valence-electron chi connectivity index (χ3n) is 2.76. The molecule has 2 rings (SSSR count). The van der Waals surface area contributed by atoms with Crippen molar-refractivity contribution in [3.8, 4) is 0 Å². The van der Waals surface area contributed by atoms with Crippen molar-refractivity contribution < 1.29 is 9.47 Å². The molecule has 1 fully saturated rings. The Morgan fingerprint density at radius 3 is 3.24 bits per heavy atom. The number of hydrogen-bond donors (Lipinski definition) is 1. The lowest BCUT2D eigenvalue weighted by molar-refractivity contribution is 0.0427. The largest absolute Gasteiger partial charge is 0.379 e. The maximum atomic E-state index is 5.68. The first kappa shape index (κ1) is 12.3. The van der Waals surface area contributed by atoms with Crippen LogP contribution in [0.15, 0.2) is 18.2 Å². The van der Waals surface area contributed by atoms with E-state index >= 15 is 0 Å². The first-order chi connectivity index (χ1) is 8.34. The fourth-order valence-corrected chi connectivity index (χ4v) is 1.82. The predicted molar refractivity (Wildman–Crippen MR) is 67.3 cm³/mol. The van der Waals surface area contributed by atoms with E-state index in [0.717, 1.165) is 50.7 Å². The molecule has 4 nitrogen and oxygen atoms in total. The molecule has 2 heterocycles. The normalized spacial score (nSPS) is 19.5. The van der Waals surface area contributed by atoms with E-state index < -0.39 is 0 Å². The Morgan fingerprint density at radius 2 is 2.47 bits per heavy atom. The lowest BCUT2D eigenvalue weighted by Crippen LogP contribution is -2.15. The van der Waals surface area contributed by atoms with Gasteiger partial charge in [-0.25, -0.2) is 4.98 Å². The van der Waals surface area contributed by atoms with Crippen molar-refractivity contribution in [2.75, 3.05) is 31.7 Å². The van der Waals surface area contributed by atoms with Crippen LogP contribution in [0.1, 0.15) is 18.5 Å². The molecule has 0 amide bonds. The molecular formula is C13H20N2O2. The zero-order chi connectivity index (χ0) is 11.9. The summed E-state index contributed by atoms with van der Waals surface area (Å²) in [5, 5.41) is 3.29. The number of rotatable bonds is 6. The molecule has 0 spiro atoms. The molecule has 1 aliphatic rings. The summed E-state index contributed by atoms with van der Waals surface area (Å²) in [6, 6.07) is 5.99. The van der Waals surface area contributed by atoms with Crippen molar-refractivity contribution >= 4 is 5.82 Å². The first-order valence-corrected chi connectivity index (χ1v) is 6.21. The number of hydrogen-bond acceptors (Lipinski definition) is 4.